The van der Waals surface area contributed by atoms with Gasteiger partial charge in [0, 0.05) is 18.1 Å². The Labute approximate surface area is 159 Å². The third-order valence-electron chi connectivity index (χ3n) is 4.03. The van der Waals surface area contributed by atoms with Gasteiger partial charge in [-0.2, -0.15) is 18.3 Å². The highest BCUT2D eigenvalue weighted by atomic mass is 32.2. The van der Waals surface area contributed by atoms with E-state index in [1.807, 2.05) is 0 Å². The van der Waals surface area contributed by atoms with Gasteiger partial charge in [-0.25, -0.2) is 19.6 Å². The highest BCUT2D eigenvalue weighted by Gasteiger charge is 2.31. The van der Waals surface area contributed by atoms with Gasteiger partial charge in [0.1, 0.15) is 29.7 Å². The van der Waals surface area contributed by atoms with Crippen molar-refractivity contribution in [3.8, 4) is 17.2 Å². The SMILES string of the molecule is CCS(=O)c1ccc(-n2cncn2)nc1-c1cn2ccc(C(F)(F)F)cc2n1. The van der Waals surface area contributed by atoms with Gasteiger partial charge in [0.05, 0.1) is 21.3 Å². The Morgan fingerprint density at radius 3 is 2.68 bits per heavy atom. The van der Waals surface area contributed by atoms with E-state index in [0.29, 0.717) is 27.9 Å². The van der Waals surface area contributed by atoms with Crippen LogP contribution in [-0.2, 0) is 17.0 Å². The first-order valence-corrected chi connectivity index (χ1v) is 9.49. The summed E-state index contributed by atoms with van der Waals surface area (Å²) in [4.78, 5) is 13.1. The van der Waals surface area contributed by atoms with Crippen LogP contribution in [0.2, 0.25) is 0 Å². The van der Waals surface area contributed by atoms with Crippen LogP contribution in [0.5, 0.6) is 0 Å². The van der Waals surface area contributed by atoms with Crippen molar-refractivity contribution < 1.29 is 17.4 Å². The van der Waals surface area contributed by atoms with Crippen LogP contribution in [0.15, 0.2) is 54.2 Å². The van der Waals surface area contributed by atoms with E-state index in [9.17, 15) is 17.4 Å². The Morgan fingerprint density at radius 2 is 2.00 bits per heavy atom. The van der Waals surface area contributed by atoms with Crippen LogP contribution < -0.4 is 0 Å². The Kier molecular flexibility index (Phi) is 4.46. The smallest absolute Gasteiger partial charge is 0.306 e. The van der Waals surface area contributed by atoms with Gasteiger partial charge in [0.25, 0.3) is 0 Å². The summed E-state index contributed by atoms with van der Waals surface area (Å²) < 4.78 is 54.3. The van der Waals surface area contributed by atoms with Crippen molar-refractivity contribution in [3.05, 3.63) is 54.9 Å². The fourth-order valence-electron chi connectivity index (χ4n) is 2.69. The van der Waals surface area contributed by atoms with Crippen molar-refractivity contribution >= 4 is 16.4 Å². The zero-order valence-electron chi connectivity index (χ0n) is 14.5. The lowest BCUT2D eigenvalue weighted by Gasteiger charge is -2.08. The van der Waals surface area contributed by atoms with Gasteiger partial charge in [-0.05, 0) is 24.3 Å². The van der Waals surface area contributed by atoms with Crippen LogP contribution in [0.3, 0.4) is 0 Å². The third kappa shape index (κ3) is 3.28. The summed E-state index contributed by atoms with van der Waals surface area (Å²) in [6.07, 6.45) is 1.19. The molecule has 0 aliphatic carbocycles. The maximum Gasteiger partial charge on any atom is 0.416 e. The van der Waals surface area contributed by atoms with Gasteiger partial charge in [-0.3, -0.25) is 4.21 Å². The van der Waals surface area contributed by atoms with E-state index in [1.165, 1.54) is 27.9 Å². The molecule has 0 radical (unpaired) electrons. The van der Waals surface area contributed by atoms with Crippen LogP contribution in [-0.4, -0.2) is 39.1 Å². The minimum atomic E-state index is -4.46. The molecule has 0 aliphatic heterocycles. The Hall–Kier alpha value is -3.08. The average Bonchev–Trinajstić information content (AvgIpc) is 3.35. The zero-order valence-corrected chi connectivity index (χ0v) is 15.3. The zero-order chi connectivity index (χ0) is 19.9. The van der Waals surface area contributed by atoms with Crippen LogP contribution in [0.4, 0.5) is 13.2 Å². The molecule has 7 nitrogen and oxygen atoms in total. The summed E-state index contributed by atoms with van der Waals surface area (Å²) in [5, 5.41) is 4.01. The van der Waals surface area contributed by atoms with Crippen LogP contribution in [0.1, 0.15) is 12.5 Å². The highest BCUT2D eigenvalue weighted by Crippen LogP contribution is 2.31. The Bertz CT molecular complexity index is 1170. The second-order valence-corrected chi connectivity index (χ2v) is 7.50. The van der Waals surface area contributed by atoms with E-state index in [0.717, 1.165) is 12.1 Å². The molecule has 0 saturated heterocycles. The lowest BCUT2D eigenvalue weighted by Crippen LogP contribution is -2.05. The van der Waals surface area contributed by atoms with Gasteiger partial charge in [-0.1, -0.05) is 6.92 Å². The van der Waals surface area contributed by atoms with Gasteiger partial charge >= 0.3 is 6.18 Å². The van der Waals surface area contributed by atoms with Crippen molar-refractivity contribution in [1.29, 1.82) is 0 Å². The summed E-state index contributed by atoms with van der Waals surface area (Å²) in [6, 6.07) is 5.24. The molecule has 0 aliphatic rings. The normalized spacial score (nSPS) is 13.1. The van der Waals surface area contributed by atoms with Gasteiger partial charge in [0.15, 0.2) is 5.82 Å². The summed E-state index contributed by atoms with van der Waals surface area (Å²) in [6.45, 7) is 1.77. The average molecular weight is 406 g/mol. The first-order valence-electron chi connectivity index (χ1n) is 8.17. The van der Waals surface area contributed by atoms with Crippen molar-refractivity contribution in [3.63, 3.8) is 0 Å². The lowest BCUT2D eigenvalue weighted by atomic mass is 10.2. The van der Waals surface area contributed by atoms with Gasteiger partial charge in [-0.15, -0.1) is 0 Å². The molecule has 1 atom stereocenters. The number of pyridine rings is 2. The molecule has 0 amide bonds. The van der Waals surface area contributed by atoms with Crippen molar-refractivity contribution in [2.45, 2.75) is 18.0 Å². The molecule has 28 heavy (non-hydrogen) atoms. The molecular weight excluding hydrogens is 393 g/mol. The predicted molar refractivity (Wildman–Crippen MR) is 95.3 cm³/mol. The number of hydrogen-bond donors (Lipinski definition) is 0. The fraction of sp³-hybridized carbons (Fsp3) is 0.176. The van der Waals surface area contributed by atoms with E-state index in [-0.39, 0.29) is 5.65 Å². The maximum absolute atomic E-state index is 13.0. The minimum absolute atomic E-state index is 0.117. The van der Waals surface area contributed by atoms with Crippen molar-refractivity contribution in [1.82, 2.24) is 29.1 Å². The first-order chi connectivity index (χ1) is 13.4. The number of hydrogen-bond acceptors (Lipinski definition) is 5. The number of nitrogens with zero attached hydrogens (tertiary/aromatic N) is 6. The topological polar surface area (TPSA) is 78.0 Å². The van der Waals surface area contributed by atoms with Crippen LogP contribution >= 0.6 is 0 Å². The van der Waals surface area contributed by atoms with E-state index in [2.05, 4.69) is 20.1 Å². The Balaban J connectivity index is 1.88. The summed E-state index contributed by atoms with van der Waals surface area (Å²) in [7, 11) is -1.33. The standard InChI is InChI=1S/C17H13F3N6OS/c1-2-28(27)13-3-4-14(26-10-21-9-22-26)24-16(13)12-8-25-6-5-11(17(18,19)20)7-15(25)23-12/h3-10H,2H2,1H3. The molecule has 0 fully saturated rings. The van der Waals surface area contributed by atoms with Crippen molar-refractivity contribution in [2.75, 3.05) is 5.75 Å². The molecule has 0 saturated carbocycles. The molecule has 0 N–H and O–H groups in total. The third-order valence-corrected chi connectivity index (χ3v) is 5.38. The summed E-state index contributed by atoms with van der Waals surface area (Å²) in [5.41, 5.74) is -0.0339. The summed E-state index contributed by atoms with van der Waals surface area (Å²) in [5.74, 6) is 0.792. The molecule has 0 bridgehead atoms. The monoisotopic (exact) mass is 406 g/mol. The van der Waals surface area contributed by atoms with E-state index in [4.69, 9.17) is 0 Å². The highest BCUT2D eigenvalue weighted by molar-refractivity contribution is 7.85. The minimum Gasteiger partial charge on any atom is -0.306 e. The molecule has 0 aromatic carbocycles. The van der Waals surface area contributed by atoms with Crippen LogP contribution in [0.25, 0.3) is 22.9 Å². The molecular formula is C17H13F3N6OS. The van der Waals surface area contributed by atoms with E-state index in [1.54, 1.807) is 25.3 Å². The quantitative estimate of drug-likeness (QED) is 0.520. The van der Waals surface area contributed by atoms with Gasteiger partial charge in [0.2, 0.25) is 0 Å². The molecule has 0 spiro atoms. The van der Waals surface area contributed by atoms with E-state index < -0.39 is 22.5 Å². The predicted octanol–water partition coefficient (Wildman–Crippen LogP) is 3.12. The number of fused-ring (bicyclic) bond motifs is 1. The molecule has 4 rings (SSSR count). The summed E-state index contributed by atoms with van der Waals surface area (Å²) >= 11 is 0. The maximum atomic E-state index is 13.0. The number of alkyl halides is 3. The molecule has 11 heteroatoms. The first kappa shape index (κ1) is 18.3. The van der Waals surface area contributed by atoms with E-state index >= 15 is 0 Å². The number of imidazole rings is 1. The largest absolute Gasteiger partial charge is 0.416 e. The second-order valence-electron chi connectivity index (χ2n) is 5.80. The number of rotatable bonds is 4. The van der Waals surface area contributed by atoms with Crippen molar-refractivity contribution in [2.24, 2.45) is 0 Å². The number of halogens is 3. The molecule has 1 unspecified atom stereocenters. The molecule has 144 valence electrons. The van der Waals surface area contributed by atoms with Crippen LogP contribution in [0, 0.1) is 0 Å². The Morgan fingerprint density at radius 1 is 1.18 bits per heavy atom. The fourth-order valence-corrected chi connectivity index (χ4v) is 3.58. The lowest BCUT2D eigenvalue weighted by molar-refractivity contribution is -0.137. The second kappa shape index (κ2) is 6.82. The van der Waals surface area contributed by atoms with Gasteiger partial charge < -0.3 is 4.40 Å². The molecule has 4 aromatic rings. The molecule has 4 aromatic heterocycles. The number of aromatic nitrogens is 6. The molecule has 4 heterocycles.